The van der Waals surface area contributed by atoms with E-state index in [1.165, 1.54) is 5.56 Å². The second-order valence-electron chi connectivity index (χ2n) is 6.94. The Hall–Kier alpha value is -2.10. The number of ether oxygens (including phenoxy) is 2. The van der Waals surface area contributed by atoms with Gasteiger partial charge in [0.05, 0.1) is 6.61 Å². The second-order valence-corrected chi connectivity index (χ2v) is 6.94. The topological polar surface area (TPSA) is 18.5 Å². The van der Waals surface area contributed by atoms with E-state index in [-0.39, 0.29) is 12.0 Å². The van der Waals surface area contributed by atoms with Gasteiger partial charge in [-0.05, 0) is 41.8 Å². The third kappa shape index (κ3) is 5.45. The SMILES string of the molecule is CCCCOc1ccc(C(C)(C)c2ccc(OCC(F)CF)cc2)cc1. The summed E-state index contributed by atoms with van der Waals surface area (Å²) in [5.41, 5.74) is 2.10. The highest BCUT2D eigenvalue weighted by Crippen LogP contribution is 2.33. The minimum absolute atomic E-state index is 0.192. The van der Waals surface area contributed by atoms with Gasteiger partial charge in [-0.2, -0.15) is 0 Å². The summed E-state index contributed by atoms with van der Waals surface area (Å²) < 4.78 is 36.1. The fourth-order valence-corrected chi connectivity index (χ4v) is 2.67. The van der Waals surface area contributed by atoms with E-state index in [9.17, 15) is 8.78 Å². The average molecular weight is 362 g/mol. The van der Waals surface area contributed by atoms with Gasteiger partial charge in [-0.3, -0.25) is 0 Å². The maximum absolute atomic E-state index is 12.9. The smallest absolute Gasteiger partial charge is 0.162 e. The predicted molar refractivity (Wildman–Crippen MR) is 102 cm³/mol. The lowest BCUT2D eigenvalue weighted by atomic mass is 9.78. The van der Waals surface area contributed by atoms with Crippen LogP contribution >= 0.6 is 0 Å². The molecule has 0 amide bonds. The van der Waals surface area contributed by atoms with Gasteiger partial charge >= 0.3 is 0 Å². The molecule has 142 valence electrons. The maximum atomic E-state index is 12.9. The molecule has 0 aliphatic carbocycles. The quantitative estimate of drug-likeness (QED) is 0.492. The van der Waals surface area contributed by atoms with Crippen molar-refractivity contribution >= 4 is 0 Å². The van der Waals surface area contributed by atoms with E-state index in [4.69, 9.17) is 9.47 Å². The van der Waals surface area contributed by atoms with Crippen molar-refractivity contribution in [3.8, 4) is 11.5 Å². The summed E-state index contributed by atoms with van der Waals surface area (Å²) in [6.07, 6.45) is 0.588. The summed E-state index contributed by atoms with van der Waals surface area (Å²) in [6, 6.07) is 15.7. The van der Waals surface area contributed by atoms with E-state index in [1.807, 2.05) is 24.3 Å². The zero-order valence-electron chi connectivity index (χ0n) is 15.8. The van der Waals surface area contributed by atoms with E-state index in [0.29, 0.717) is 5.75 Å². The molecule has 1 atom stereocenters. The molecule has 0 aliphatic heterocycles. The Balaban J connectivity index is 2.04. The molecule has 2 aromatic rings. The standard InChI is InChI=1S/C22H28F2O2/c1-4-5-14-25-20-10-6-17(7-11-20)22(2,3)18-8-12-21(13-9-18)26-16-19(24)15-23/h6-13,19H,4-5,14-16H2,1-3H3. The van der Waals surface area contributed by atoms with Crippen LogP contribution in [0.25, 0.3) is 0 Å². The average Bonchev–Trinajstić information content (AvgIpc) is 2.67. The summed E-state index contributed by atoms with van der Waals surface area (Å²) in [6.45, 7) is 5.89. The first-order chi connectivity index (χ1) is 12.5. The van der Waals surface area contributed by atoms with Crippen molar-refractivity contribution in [3.63, 3.8) is 0 Å². The fourth-order valence-electron chi connectivity index (χ4n) is 2.67. The van der Waals surface area contributed by atoms with Crippen LogP contribution in [0.4, 0.5) is 8.78 Å². The molecular formula is C22H28F2O2. The molecule has 4 heteroatoms. The van der Waals surface area contributed by atoms with Crippen LogP contribution < -0.4 is 9.47 Å². The van der Waals surface area contributed by atoms with Crippen molar-refractivity contribution in [2.75, 3.05) is 19.9 Å². The lowest BCUT2D eigenvalue weighted by Crippen LogP contribution is -2.19. The second kappa shape index (κ2) is 9.56. The van der Waals surface area contributed by atoms with Crippen LogP contribution in [0, 0.1) is 0 Å². The number of benzene rings is 2. The Morgan fingerprint density at radius 1 is 0.885 bits per heavy atom. The van der Waals surface area contributed by atoms with E-state index in [1.54, 1.807) is 12.1 Å². The Morgan fingerprint density at radius 2 is 1.38 bits per heavy atom. The molecule has 0 bridgehead atoms. The molecule has 0 aromatic heterocycles. The minimum atomic E-state index is -1.58. The van der Waals surface area contributed by atoms with Gasteiger partial charge in [0.1, 0.15) is 24.8 Å². The van der Waals surface area contributed by atoms with Crippen molar-refractivity contribution in [2.24, 2.45) is 0 Å². The Bertz CT molecular complexity index is 651. The Labute approximate surface area is 155 Å². The van der Waals surface area contributed by atoms with Crippen LogP contribution in [0.3, 0.4) is 0 Å². The lowest BCUT2D eigenvalue weighted by molar-refractivity contribution is 0.166. The van der Waals surface area contributed by atoms with Gasteiger partial charge in [-0.15, -0.1) is 0 Å². The molecular weight excluding hydrogens is 334 g/mol. The lowest BCUT2D eigenvalue weighted by Gasteiger charge is -2.26. The molecule has 0 saturated heterocycles. The molecule has 0 spiro atoms. The maximum Gasteiger partial charge on any atom is 0.162 e. The largest absolute Gasteiger partial charge is 0.494 e. The number of halogens is 2. The van der Waals surface area contributed by atoms with Gasteiger partial charge < -0.3 is 9.47 Å². The van der Waals surface area contributed by atoms with E-state index >= 15 is 0 Å². The van der Waals surface area contributed by atoms with Gasteiger partial charge in [-0.1, -0.05) is 51.5 Å². The zero-order chi connectivity index (χ0) is 19.0. The van der Waals surface area contributed by atoms with E-state index in [0.717, 1.165) is 30.8 Å². The number of hydrogen-bond acceptors (Lipinski definition) is 2. The summed E-state index contributed by atoms with van der Waals surface area (Å²) in [5, 5.41) is 0. The van der Waals surface area contributed by atoms with Crippen LogP contribution in [-0.4, -0.2) is 26.1 Å². The third-order valence-electron chi connectivity index (χ3n) is 4.52. The van der Waals surface area contributed by atoms with Crippen LogP contribution in [0.5, 0.6) is 11.5 Å². The molecule has 0 aliphatic rings. The summed E-state index contributed by atoms with van der Waals surface area (Å²) in [5.74, 6) is 1.43. The van der Waals surface area contributed by atoms with Gasteiger partial charge in [0.15, 0.2) is 6.17 Å². The van der Waals surface area contributed by atoms with Crippen LogP contribution in [0.1, 0.15) is 44.7 Å². The van der Waals surface area contributed by atoms with Crippen LogP contribution in [-0.2, 0) is 5.41 Å². The summed E-state index contributed by atoms with van der Waals surface area (Å²) in [7, 11) is 0. The number of alkyl halides is 2. The highest BCUT2D eigenvalue weighted by Gasteiger charge is 2.23. The number of unbranched alkanes of at least 4 members (excludes halogenated alkanes) is 1. The predicted octanol–water partition coefficient (Wildman–Crippen LogP) is 5.88. The highest BCUT2D eigenvalue weighted by atomic mass is 19.2. The van der Waals surface area contributed by atoms with Gasteiger partial charge in [-0.25, -0.2) is 8.78 Å². The fraction of sp³-hybridized carbons (Fsp3) is 0.455. The first-order valence-corrected chi connectivity index (χ1v) is 9.14. The van der Waals surface area contributed by atoms with Crippen molar-refractivity contribution in [3.05, 3.63) is 59.7 Å². The molecule has 0 N–H and O–H groups in total. The molecule has 2 nitrogen and oxygen atoms in total. The number of hydrogen-bond donors (Lipinski definition) is 0. The van der Waals surface area contributed by atoms with Crippen molar-refractivity contribution in [1.29, 1.82) is 0 Å². The molecule has 0 fully saturated rings. The Kier molecular flexibility index (Phi) is 7.43. The van der Waals surface area contributed by atoms with Crippen LogP contribution in [0.2, 0.25) is 0 Å². The van der Waals surface area contributed by atoms with E-state index < -0.39 is 12.8 Å². The first kappa shape index (κ1) is 20.2. The Morgan fingerprint density at radius 3 is 1.85 bits per heavy atom. The van der Waals surface area contributed by atoms with Crippen molar-refractivity contribution in [1.82, 2.24) is 0 Å². The highest BCUT2D eigenvalue weighted by molar-refractivity contribution is 5.41. The van der Waals surface area contributed by atoms with Crippen molar-refractivity contribution < 1.29 is 18.3 Å². The normalized spacial score (nSPS) is 12.7. The third-order valence-corrected chi connectivity index (χ3v) is 4.52. The van der Waals surface area contributed by atoms with E-state index in [2.05, 4.69) is 32.9 Å². The molecule has 0 radical (unpaired) electrons. The summed E-state index contributed by atoms with van der Waals surface area (Å²) in [4.78, 5) is 0. The van der Waals surface area contributed by atoms with Gasteiger partial charge in [0.25, 0.3) is 0 Å². The molecule has 2 aromatic carbocycles. The summed E-state index contributed by atoms with van der Waals surface area (Å²) >= 11 is 0. The molecule has 26 heavy (non-hydrogen) atoms. The first-order valence-electron chi connectivity index (χ1n) is 9.14. The van der Waals surface area contributed by atoms with Gasteiger partial charge in [0, 0.05) is 5.41 Å². The molecule has 1 unspecified atom stereocenters. The molecule has 0 saturated carbocycles. The van der Waals surface area contributed by atoms with Crippen molar-refractivity contribution in [2.45, 2.75) is 45.2 Å². The van der Waals surface area contributed by atoms with Gasteiger partial charge in [0.2, 0.25) is 0 Å². The molecule has 2 rings (SSSR count). The minimum Gasteiger partial charge on any atom is -0.494 e. The number of rotatable bonds is 10. The monoisotopic (exact) mass is 362 g/mol. The zero-order valence-corrected chi connectivity index (χ0v) is 15.8. The molecule has 0 heterocycles. The van der Waals surface area contributed by atoms with Crippen LogP contribution in [0.15, 0.2) is 48.5 Å².